The van der Waals surface area contributed by atoms with E-state index in [0.717, 1.165) is 12.8 Å². The van der Waals surface area contributed by atoms with Crippen molar-refractivity contribution in [1.29, 1.82) is 0 Å². The molecule has 8 heteroatoms. The van der Waals surface area contributed by atoms with Crippen LogP contribution in [-0.2, 0) is 9.59 Å². The summed E-state index contributed by atoms with van der Waals surface area (Å²) in [5.74, 6) is 0.246. The van der Waals surface area contributed by atoms with Gasteiger partial charge in [-0.1, -0.05) is 13.3 Å². The Labute approximate surface area is 174 Å². The molecule has 0 aromatic heterocycles. The van der Waals surface area contributed by atoms with Crippen molar-refractivity contribution in [2.45, 2.75) is 32.8 Å². The summed E-state index contributed by atoms with van der Waals surface area (Å²) in [7, 11) is 0. The van der Waals surface area contributed by atoms with E-state index in [4.69, 9.17) is 9.47 Å². The van der Waals surface area contributed by atoms with Gasteiger partial charge in [-0.15, -0.1) is 0 Å². The van der Waals surface area contributed by atoms with Gasteiger partial charge in [0.2, 0.25) is 5.91 Å². The molecule has 1 aliphatic heterocycles. The Morgan fingerprint density at radius 1 is 1.17 bits per heavy atom. The Hall–Kier alpha value is -3.55. The Morgan fingerprint density at radius 3 is 2.67 bits per heavy atom. The van der Waals surface area contributed by atoms with Crippen molar-refractivity contribution >= 4 is 29.1 Å². The number of rotatable bonds is 8. The highest BCUT2D eigenvalue weighted by atomic mass is 16.5. The summed E-state index contributed by atoms with van der Waals surface area (Å²) >= 11 is 0. The number of carbonyl (C=O) groups excluding carboxylic acids is 3. The summed E-state index contributed by atoms with van der Waals surface area (Å²) in [5, 5.41) is 7.98. The van der Waals surface area contributed by atoms with Gasteiger partial charge in [-0.3, -0.25) is 14.4 Å². The van der Waals surface area contributed by atoms with Gasteiger partial charge in [0, 0.05) is 11.3 Å². The molecule has 0 aliphatic carbocycles. The number of benzene rings is 2. The zero-order valence-corrected chi connectivity index (χ0v) is 17.0. The lowest BCUT2D eigenvalue weighted by Gasteiger charge is -2.23. The molecule has 3 rings (SSSR count). The topological polar surface area (TPSA) is 106 Å². The second-order valence-electron chi connectivity index (χ2n) is 6.92. The van der Waals surface area contributed by atoms with Crippen LogP contribution in [0.25, 0.3) is 0 Å². The molecule has 158 valence electrons. The van der Waals surface area contributed by atoms with Gasteiger partial charge in [-0.05, 0) is 55.8 Å². The number of hydrogen-bond acceptors (Lipinski definition) is 5. The van der Waals surface area contributed by atoms with Gasteiger partial charge in [-0.2, -0.15) is 0 Å². The molecule has 2 aromatic carbocycles. The number of hydrogen-bond donors (Lipinski definition) is 3. The van der Waals surface area contributed by atoms with Crippen molar-refractivity contribution in [1.82, 2.24) is 5.32 Å². The third-order valence-corrected chi connectivity index (χ3v) is 4.49. The van der Waals surface area contributed by atoms with Gasteiger partial charge in [0.1, 0.15) is 11.5 Å². The van der Waals surface area contributed by atoms with Crippen molar-refractivity contribution in [3.05, 3.63) is 48.0 Å². The molecule has 0 unspecified atom stereocenters. The first-order chi connectivity index (χ1) is 14.5. The minimum Gasteiger partial charge on any atom is -0.494 e. The molecular formula is C22H25N3O5. The van der Waals surface area contributed by atoms with Crippen LogP contribution in [0.3, 0.4) is 0 Å². The summed E-state index contributed by atoms with van der Waals surface area (Å²) in [6.45, 7) is 4.19. The SMILES string of the molecule is CCCCOc1ccc(C(=O)NCC(=O)Nc2ccc3c(c2)NC(=O)[C@H](C)O3)cc1. The van der Waals surface area contributed by atoms with Crippen LogP contribution in [0.5, 0.6) is 11.5 Å². The molecule has 0 fully saturated rings. The van der Waals surface area contributed by atoms with Gasteiger partial charge in [0.05, 0.1) is 18.8 Å². The number of carbonyl (C=O) groups is 3. The van der Waals surface area contributed by atoms with E-state index in [9.17, 15) is 14.4 Å². The van der Waals surface area contributed by atoms with E-state index < -0.39 is 6.10 Å². The van der Waals surface area contributed by atoms with Crippen molar-refractivity contribution < 1.29 is 23.9 Å². The van der Waals surface area contributed by atoms with Crippen molar-refractivity contribution in [3.63, 3.8) is 0 Å². The number of nitrogens with one attached hydrogen (secondary N) is 3. The van der Waals surface area contributed by atoms with Crippen molar-refractivity contribution in [3.8, 4) is 11.5 Å². The smallest absolute Gasteiger partial charge is 0.265 e. The molecule has 0 saturated carbocycles. The van der Waals surface area contributed by atoms with Crippen LogP contribution < -0.4 is 25.4 Å². The first-order valence-corrected chi connectivity index (χ1v) is 9.88. The molecule has 0 bridgehead atoms. The summed E-state index contributed by atoms with van der Waals surface area (Å²) < 4.78 is 11.0. The maximum Gasteiger partial charge on any atom is 0.265 e. The highest BCUT2D eigenvalue weighted by molar-refractivity contribution is 6.01. The summed E-state index contributed by atoms with van der Waals surface area (Å²) in [4.78, 5) is 36.1. The van der Waals surface area contributed by atoms with Crippen molar-refractivity contribution in [2.24, 2.45) is 0 Å². The molecule has 1 atom stereocenters. The average Bonchev–Trinajstić information content (AvgIpc) is 2.74. The van der Waals surface area contributed by atoms with E-state index in [2.05, 4.69) is 22.9 Å². The van der Waals surface area contributed by atoms with E-state index in [-0.39, 0.29) is 24.3 Å². The molecule has 3 N–H and O–H groups in total. The number of ether oxygens (including phenoxy) is 2. The van der Waals surface area contributed by atoms with E-state index in [1.54, 1.807) is 49.4 Å². The number of anilines is 2. The lowest BCUT2D eigenvalue weighted by Crippen LogP contribution is -2.34. The van der Waals surface area contributed by atoms with Gasteiger partial charge in [-0.25, -0.2) is 0 Å². The highest BCUT2D eigenvalue weighted by Crippen LogP contribution is 2.32. The Kier molecular flexibility index (Phi) is 6.90. The molecular weight excluding hydrogens is 386 g/mol. The first-order valence-electron chi connectivity index (χ1n) is 9.88. The number of fused-ring (bicyclic) bond motifs is 1. The van der Waals surface area contributed by atoms with Gasteiger partial charge in [0.15, 0.2) is 6.10 Å². The molecule has 1 heterocycles. The largest absolute Gasteiger partial charge is 0.494 e. The molecule has 2 aromatic rings. The average molecular weight is 411 g/mol. The molecule has 0 saturated heterocycles. The third kappa shape index (κ3) is 5.50. The van der Waals surface area contributed by atoms with Crippen molar-refractivity contribution in [2.75, 3.05) is 23.8 Å². The van der Waals surface area contributed by atoms with Crippen LogP contribution in [-0.4, -0.2) is 37.0 Å². The minimum absolute atomic E-state index is 0.190. The maximum atomic E-state index is 12.2. The summed E-state index contributed by atoms with van der Waals surface area (Å²) in [5.41, 5.74) is 1.41. The normalized spacial score (nSPS) is 14.7. The predicted octanol–water partition coefficient (Wildman–Crippen LogP) is 2.95. The zero-order chi connectivity index (χ0) is 21.5. The van der Waals surface area contributed by atoms with Gasteiger partial charge in [0.25, 0.3) is 11.8 Å². The summed E-state index contributed by atoms with van der Waals surface area (Å²) in [6.07, 6.45) is 1.46. The van der Waals surface area contributed by atoms with Crippen LogP contribution >= 0.6 is 0 Å². The number of unbranched alkanes of at least 4 members (excludes halogenated alkanes) is 1. The van der Waals surface area contributed by atoms with Gasteiger partial charge < -0.3 is 25.4 Å². The molecule has 30 heavy (non-hydrogen) atoms. The van der Waals surface area contributed by atoms with Crippen LogP contribution in [0.4, 0.5) is 11.4 Å². The van der Waals surface area contributed by atoms with E-state index >= 15 is 0 Å². The van der Waals surface area contributed by atoms with E-state index in [1.165, 1.54) is 0 Å². The van der Waals surface area contributed by atoms with Crippen LogP contribution in [0, 0.1) is 0 Å². The quantitative estimate of drug-likeness (QED) is 0.579. The van der Waals surface area contributed by atoms with E-state index in [0.29, 0.717) is 35.0 Å². The Morgan fingerprint density at radius 2 is 1.93 bits per heavy atom. The molecule has 0 spiro atoms. The van der Waals surface area contributed by atoms with Crippen LogP contribution in [0.15, 0.2) is 42.5 Å². The molecule has 1 aliphatic rings. The highest BCUT2D eigenvalue weighted by Gasteiger charge is 2.23. The lowest BCUT2D eigenvalue weighted by molar-refractivity contribution is -0.122. The minimum atomic E-state index is -0.565. The Bertz CT molecular complexity index is 927. The van der Waals surface area contributed by atoms with E-state index in [1.807, 2.05) is 0 Å². The molecule has 0 radical (unpaired) electrons. The lowest BCUT2D eigenvalue weighted by atomic mass is 10.2. The van der Waals surface area contributed by atoms with Crippen LogP contribution in [0.2, 0.25) is 0 Å². The fourth-order valence-electron chi connectivity index (χ4n) is 2.79. The molecule has 8 nitrogen and oxygen atoms in total. The first kappa shape index (κ1) is 21.2. The monoisotopic (exact) mass is 411 g/mol. The zero-order valence-electron chi connectivity index (χ0n) is 17.0. The fraction of sp³-hybridized carbons (Fsp3) is 0.318. The molecule has 3 amide bonds. The summed E-state index contributed by atoms with van der Waals surface area (Å²) in [6, 6.07) is 11.7. The van der Waals surface area contributed by atoms with Crippen LogP contribution in [0.1, 0.15) is 37.0 Å². The second kappa shape index (κ2) is 9.78. The maximum absolute atomic E-state index is 12.2. The number of amides is 3. The second-order valence-corrected chi connectivity index (χ2v) is 6.92. The fourth-order valence-corrected chi connectivity index (χ4v) is 2.79. The Balaban J connectivity index is 1.49. The predicted molar refractivity (Wildman–Crippen MR) is 113 cm³/mol. The van der Waals surface area contributed by atoms with Gasteiger partial charge >= 0.3 is 0 Å². The third-order valence-electron chi connectivity index (χ3n) is 4.49. The standard InChI is InChI=1S/C22H25N3O5/c1-3-4-11-29-17-8-5-15(6-9-17)22(28)23-13-20(26)24-16-7-10-19-18(12-16)25-21(27)14(2)30-19/h5-10,12,14H,3-4,11,13H2,1-2H3,(H,23,28)(H,24,26)(H,25,27)/t14-/m0/s1.